The van der Waals surface area contributed by atoms with E-state index in [1.54, 1.807) is 4.90 Å². The second-order valence-electron chi connectivity index (χ2n) is 5.35. The molecule has 2 atom stereocenters. The van der Waals surface area contributed by atoms with Gasteiger partial charge in [0.15, 0.2) is 0 Å². The van der Waals surface area contributed by atoms with E-state index in [9.17, 15) is 18.0 Å². The van der Waals surface area contributed by atoms with Crippen molar-refractivity contribution >= 4 is 5.91 Å². The molecule has 0 radical (unpaired) electrons. The monoisotopic (exact) mass is 301 g/mol. The van der Waals surface area contributed by atoms with Crippen LogP contribution in [0.2, 0.25) is 0 Å². The van der Waals surface area contributed by atoms with Gasteiger partial charge in [0.25, 0.3) is 5.91 Å². The molecular formula is C14H18F3N3O. The van der Waals surface area contributed by atoms with Crippen molar-refractivity contribution in [1.29, 1.82) is 0 Å². The molecule has 1 aliphatic heterocycles. The van der Waals surface area contributed by atoms with Crippen molar-refractivity contribution in [3.63, 3.8) is 0 Å². The molecule has 1 aromatic rings. The number of carbonyl (C=O) groups is 1. The number of rotatable bonds is 2. The van der Waals surface area contributed by atoms with Crippen LogP contribution in [0, 0.1) is 5.92 Å². The van der Waals surface area contributed by atoms with E-state index in [4.69, 9.17) is 5.73 Å². The SMILES string of the molecule is CC1CCCN(C(=O)c2ccc(C(F)(F)F)cn2)C1CN. The Morgan fingerprint density at radius 3 is 2.71 bits per heavy atom. The molecule has 1 saturated heterocycles. The minimum absolute atomic E-state index is 0.0237. The summed E-state index contributed by atoms with van der Waals surface area (Å²) in [7, 11) is 0. The summed E-state index contributed by atoms with van der Waals surface area (Å²) in [5.74, 6) is -0.0760. The third-order valence-electron chi connectivity index (χ3n) is 3.93. The number of likely N-dealkylation sites (tertiary alicyclic amines) is 1. The third kappa shape index (κ3) is 3.34. The van der Waals surface area contributed by atoms with Crippen LogP contribution in [0.1, 0.15) is 35.8 Å². The fraction of sp³-hybridized carbons (Fsp3) is 0.571. The molecule has 1 fully saturated rings. The Morgan fingerprint density at radius 1 is 1.48 bits per heavy atom. The molecule has 0 saturated carbocycles. The molecule has 0 spiro atoms. The first kappa shape index (κ1) is 15.8. The van der Waals surface area contributed by atoms with Gasteiger partial charge in [-0.2, -0.15) is 13.2 Å². The molecule has 7 heteroatoms. The standard InChI is InChI=1S/C14H18F3N3O/c1-9-3-2-6-20(12(9)7-18)13(21)11-5-4-10(8-19-11)14(15,16)17/h4-5,8-9,12H,2-3,6-7,18H2,1H3. The topological polar surface area (TPSA) is 59.2 Å². The Balaban J connectivity index is 2.19. The van der Waals surface area contributed by atoms with Gasteiger partial charge in [0, 0.05) is 25.3 Å². The second kappa shape index (κ2) is 6.01. The summed E-state index contributed by atoms with van der Waals surface area (Å²) < 4.78 is 37.5. The summed E-state index contributed by atoms with van der Waals surface area (Å²) in [6, 6.07) is 1.92. The smallest absolute Gasteiger partial charge is 0.333 e. The number of carbonyl (C=O) groups excluding carboxylic acids is 1. The van der Waals surface area contributed by atoms with Crippen molar-refractivity contribution in [3.05, 3.63) is 29.6 Å². The summed E-state index contributed by atoms with van der Waals surface area (Å²) in [4.78, 5) is 17.7. The number of amides is 1. The van der Waals surface area contributed by atoms with Crippen LogP contribution < -0.4 is 5.73 Å². The maximum Gasteiger partial charge on any atom is 0.417 e. The van der Waals surface area contributed by atoms with Gasteiger partial charge in [-0.15, -0.1) is 0 Å². The van der Waals surface area contributed by atoms with E-state index in [0.717, 1.165) is 25.0 Å². The van der Waals surface area contributed by atoms with Gasteiger partial charge >= 0.3 is 6.18 Å². The van der Waals surface area contributed by atoms with Crippen LogP contribution >= 0.6 is 0 Å². The van der Waals surface area contributed by atoms with Crippen LogP contribution in [0.5, 0.6) is 0 Å². The van der Waals surface area contributed by atoms with E-state index >= 15 is 0 Å². The molecule has 1 aromatic heterocycles. The quantitative estimate of drug-likeness (QED) is 0.912. The van der Waals surface area contributed by atoms with Crippen molar-refractivity contribution in [3.8, 4) is 0 Å². The first-order valence-corrected chi connectivity index (χ1v) is 6.89. The van der Waals surface area contributed by atoms with Crippen LogP contribution in [-0.4, -0.2) is 34.9 Å². The van der Waals surface area contributed by atoms with Gasteiger partial charge in [0.1, 0.15) is 5.69 Å². The van der Waals surface area contributed by atoms with E-state index in [1.807, 2.05) is 6.92 Å². The average molecular weight is 301 g/mol. The lowest BCUT2D eigenvalue weighted by Crippen LogP contribution is -2.51. The zero-order valence-electron chi connectivity index (χ0n) is 11.7. The Morgan fingerprint density at radius 2 is 2.19 bits per heavy atom. The molecule has 2 unspecified atom stereocenters. The maximum absolute atomic E-state index is 12.5. The fourth-order valence-corrected chi connectivity index (χ4v) is 2.70. The molecule has 4 nitrogen and oxygen atoms in total. The van der Waals surface area contributed by atoms with Gasteiger partial charge in [-0.3, -0.25) is 9.78 Å². The lowest BCUT2D eigenvalue weighted by atomic mass is 9.90. The number of nitrogens with zero attached hydrogens (tertiary/aromatic N) is 2. The second-order valence-corrected chi connectivity index (χ2v) is 5.35. The summed E-state index contributed by atoms with van der Waals surface area (Å²) in [5.41, 5.74) is 4.88. The highest BCUT2D eigenvalue weighted by Gasteiger charge is 2.33. The van der Waals surface area contributed by atoms with E-state index in [1.165, 1.54) is 0 Å². The summed E-state index contributed by atoms with van der Waals surface area (Å²) >= 11 is 0. The minimum atomic E-state index is -4.45. The zero-order valence-corrected chi connectivity index (χ0v) is 11.7. The molecule has 0 bridgehead atoms. The number of alkyl halides is 3. The van der Waals surface area contributed by atoms with E-state index in [-0.39, 0.29) is 23.6 Å². The third-order valence-corrected chi connectivity index (χ3v) is 3.93. The minimum Gasteiger partial charge on any atom is -0.333 e. The Bertz CT molecular complexity index is 501. The van der Waals surface area contributed by atoms with Crippen molar-refractivity contribution in [2.45, 2.75) is 32.0 Å². The summed E-state index contributed by atoms with van der Waals surface area (Å²) in [5, 5.41) is 0. The van der Waals surface area contributed by atoms with Crippen molar-refractivity contribution in [2.24, 2.45) is 11.7 Å². The molecule has 116 valence electrons. The predicted octanol–water partition coefficient (Wildman–Crippen LogP) is 2.30. The van der Waals surface area contributed by atoms with Crippen LogP contribution in [0.25, 0.3) is 0 Å². The van der Waals surface area contributed by atoms with Gasteiger partial charge in [-0.25, -0.2) is 0 Å². The van der Waals surface area contributed by atoms with Crippen LogP contribution in [0.3, 0.4) is 0 Å². The number of aromatic nitrogens is 1. The Kier molecular flexibility index (Phi) is 4.51. The molecule has 2 N–H and O–H groups in total. The molecule has 1 amide bonds. The van der Waals surface area contributed by atoms with E-state index in [0.29, 0.717) is 19.3 Å². The largest absolute Gasteiger partial charge is 0.417 e. The van der Waals surface area contributed by atoms with Crippen molar-refractivity contribution in [1.82, 2.24) is 9.88 Å². The first-order valence-electron chi connectivity index (χ1n) is 6.89. The molecule has 2 rings (SSSR count). The van der Waals surface area contributed by atoms with Crippen LogP contribution in [0.4, 0.5) is 13.2 Å². The fourth-order valence-electron chi connectivity index (χ4n) is 2.70. The van der Waals surface area contributed by atoms with Gasteiger partial charge in [0.05, 0.1) is 5.56 Å². The maximum atomic E-state index is 12.5. The number of halogens is 3. The molecular weight excluding hydrogens is 283 g/mol. The molecule has 1 aliphatic rings. The summed E-state index contributed by atoms with van der Waals surface area (Å²) in [6.07, 6.45) is -1.90. The Hall–Kier alpha value is -1.63. The van der Waals surface area contributed by atoms with Crippen molar-refractivity contribution < 1.29 is 18.0 Å². The lowest BCUT2D eigenvalue weighted by Gasteiger charge is -2.39. The lowest BCUT2D eigenvalue weighted by molar-refractivity contribution is -0.137. The molecule has 21 heavy (non-hydrogen) atoms. The average Bonchev–Trinajstić information content (AvgIpc) is 2.45. The Labute approximate surface area is 121 Å². The highest BCUT2D eigenvalue weighted by molar-refractivity contribution is 5.92. The van der Waals surface area contributed by atoms with Crippen molar-refractivity contribution in [2.75, 3.05) is 13.1 Å². The number of hydrogen-bond acceptors (Lipinski definition) is 3. The number of piperidine rings is 1. The summed E-state index contributed by atoms with van der Waals surface area (Å²) in [6.45, 7) is 2.93. The van der Waals surface area contributed by atoms with Crippen LogP contribution in [-0.2, 0) is 6.18 Å². The predicted molar refractivity (Wildman–Crippen MR) is 71.5 cm³/mol. The van der Waals surface area contributed by atoms with Gasteiger partial charge in [-0.05, 0) is 30.9 Å². The molecule has 2 heterocycles. The molecule has 0 aromatic carbocycles. The van der Waals surface area contributed by atoms with E-state index < -0.39 is 11.7 Å². The number of hydrogen-bond donors (Lipinski definition) is 1. The highest BCUT2D eigenvalue weighted by atomic mass is 19.4. The normalized spacial score (nSPS) is 23.2. The number of nitrogens with two attached hydrogens (primary N) is 1. The van der Waals surface area contributed by atoms with E-state index in [2.05, 4.69) is 4.98 Å². The molecule has 0 aliphatic carbocycles. The highest BCUT2D eigenvalue weighted by Crippen LogP contribution is 2.29. The first-order chi connectivity index (χ1) is 9.84. The zero-order chi connectivity index (χ0) is 15.6. The van der Waals surface area contributed by atoms with Crippen LogP contribution in [0.15, 0.2) is 18.3 Å². The van der Waals surface area contributed by atoms with Gasteiger partial charge in [0.2, 0.25) is 0 Å². The number of pyridine rings is 1. The van der Waals surface area contributed by atoms with Gasteiger partial charge in [-0.1, -0.05) is 6.92 Å². The van der Waals surface area contributed by atoms with Gasteiger partial charge < -0.3 is 10.6 Å².